The summed E-state index contributed by atoms with van der Waals surface area (Å²) in [6.45, 7) is 1.46. The van der Waals surface area contributed by atoms with Gasteiger partial charge in [-0.05, 0) is 30.7 Å². The van der Waals surface area contributed by atoms with E-state index in [2.05, 4.69) is 9.71 Å². The summed E-state index contributed by atoms with van der Waals surface area (Å²) in [7, 11) is -3.72. The number of sulfonamides is 1. The van der Waals surface area contributed by atoms with Crippen LogP contribution in [0.25, 0.3) is 0 Å². The zero-order valence-electron chi connectivity index (χ0n) is 9.92. The fourth-order valence-electron chi connectivity index (χ4n) is 1.41. The van der Waals surface area contributed by atoms with Gasteiger partial charge in [-0.3, -0.25) is 4.72 Å². The minimum atomic E-state index is -3.72. The molecular weight excluding hydrogens is 308 g/mol. The topological polar surface area (TPSA) is 79.3 Å². The largest absolute Gasteiger partial charge is 0.392 e. The third-order valence-corrected chi connectivity index (χ3v) is 5.05. The highest BCUT2D eigenvalue weighted by Crippen LogP contribution is 2.23. The van der Waals surface area contributed by atoms with Crippen molar-refractivity contribution < 1.29 is 13.5 Å². The lowest BCUT2D eigenvalue weighted by atomic mass is 10.2. The maximum Gasteiger partial charge on any atom is 0.263 e. The maximum absolute atomic E-state index is 12.1. The molecular formula is C11H11ClN2O3S2. The van der Waals surface area contributed by atoms with Crippen LogP contribution in [0.4, 0.5) is 5.13 Å². The van der Waals surface area contributed by atoms with Gasteiger partial charge in [-0.2, -0.15) is 0 Å². The van der Waals surface area contributed by atoms with Crippen molar-refractivity contribution in [2.24, 2.45) is 0 Å². The van der Waals surface area contributed by atoms with Gasteiger partial charge < -0.3 is 5.11 Å². The highest BCUT2D eigenvalue weighted by molar-refractivity contribution is 7.93. The van der Waals surface area contributed by atoms with Gasteiger partial charge in [0.2, 0.25) is 0 Å². The van der Waals surface area contributed by atoms with Gasteiger partial charge in [-0.25, -0.2) is 13.4 Å². The van der Waals surface area contributed by atoms with Crippen LogP contribution in [-0.2, 0) is 16.6 Å². The highest BCUT2D eigenvalue weighted by atomic mass is 35.5. The Bertz CT molecular complexity index is 698. The van der Waals surface area contributed by atoms with Gasteiger partial charge in [0.1, 0.15) is 0 Å². The molecule has 0 unspecified atom stereocenters. The molecule has 0 bridgehead atoms. The van der Waals surface area contributed by atoms with Crippen LogP contribution < -0.4 is 4.72 Å². The maximum atomic E-state index is 12.1. The minimum Gasteiger partial charge on any atom is -0.392 e. The monoisotopic (exact) mass is 318 g/mol. The first kappa shape index (κ1) is 14.3. The van der Waals surface area contributed by atoms with Gasteiger partial charge >= 0.3 is 0 Å². The Kier molecular flexibility index (Phi) is 4.10. The van der Waals surface area contributed by atoms with Gasteiger partial charge in [0.05, 0.1) is 17.2 Å². The quantitative estimate of drug-likeness (QED) is 0.907. The molecule has 5 nitrogen and oxygen atoms in total. The first-order chi connectivity index (χ1) is 8.92. The van der Waals surface area contributed by atoms with Crippen LogP contribution in [0.2, 0.25) is 5.02 Å². The van der Waals surface area contributed by atoms with Crippen molar-refractivity contribution >= 4 is 38.1 Å². The number of aryl methyl sites for hydroxylation is 1. The number of anilines is 1. The van der Waals surface area contributed by atoms with E-state index in [0.717, 1.165) is 5.69 Å². The molecule has 0 aliphatic rings. The lowest BCUT2D eigenvalue weighted by Crippen LogP contribution is -2.13. The molecule has 2 rings (SSSR count). The van der Waals surface area contributed by atoms with Gasteiger partial charge in [0.25, 0.3) is 10.0 Å². The van der Waals surface area contributed by atoms with E-state index in [-0.39, 0.29) is 11.5 Å². The second-order valence-corrected chi connectivity index (χ2v) is 6.76. The molecule has 0 spiro atoms. The van der Waals surface area contributed by atoms with Crippen LogP contribution in [-0.4, -0.2) is 18.5 Å². The summed E-state index contributed by atoms with van der Waals surface area (Å²) in [4.78, 5) is 4.07. The van der Waals surface area contributed by atoms with E-state index in [1.165, 1.54) is 29.5 Å². The Hall–Kier alpha value is -1.15. The Balaban J connectivity index is 2.34. The molecule has 0 saturated heterocycles. The molecule has 0 atom stereocenters. The van der Waals surface area contributed by atoms with Crippen LogP contribution in [0.3, 0.4) is 0 Å². The fourth-order valence-corrected chi connectivity index (χ4v) is 3.58. The Morgan fingerprint density at radius 3 is 2.79 bits per heavy atom. The molecule has 0 aliphatic carbocycles. The van der Waals surface area contributed by atoms with Crippen LogP contribution in [0, 0.1) is 6.92 Å². The lowest BCUT2D eigenvalue weighted by Gasteiger charge is -2.07. The van der Waals surface area contributed by atoms with Crippen molar-refractivity contribution in [3.8, 4) is 0 Å². The molecule has 19 heavy (non-hydrogen) atoms. The number of rotatable bonds is 4. The van der Waals surface area contributed by atoms with Gasteiger partial charge in [-0.15, -0.1) is 11.3 Å². The SMILES string of the molecule is Cc1csc(NS(=O)(=O)c2ccc(Cl)c(CO)c2)n1. The van der Waals surface area contributed by atoms with Gasteiger partial charge in [0.15, 0.2) is 5.13 Å². The predicted octanol–water partition coefficient (Wildman–Crippen LogP) is 2.40. The highest BCUT2D eigenvalue weighted by Gasteiger charge is 2.17. The number of aromatic nitrogens is 1. The number of aliphatic hydroxyl groups excluding tert-OH is 1. The molecule has 102 valence electrons. The summed E-state index contributed by atoms with van der Waals surface area (Å²) < 4.78 is 26.6. The molecule has 1 aromatic heterocycles. The smallest absolute Gasteiger partial charge is 0.263 e. The zero-order chi connectivity index (χ0) is 14.0. The first-order valence-electron chi connectivity index (χ1n) is 5.26. The van der Waals surface area contributed by atoms with E-state index in [0.29, 0.717) is 15.7 Å². The molecule has 0 aliphatic heterocycles. The number of hydrogen-bond donors (Lipinski definition) is 2. The second kappa shape index (κ2) is 5.46. The van der Waals surface area contributed by atoms with Crippen molar-refractivity contribution in [3.05, 3.63) is 39.9 Å². The molecule has 2 aromatic rings. The number of halogens is 1. The average molecular weight is 319 g/mol. The molecule has 0 fully saturated rings. The van der Waals surface area contributed by atoms with Crippen molar-refractivity contribution in [2.75, 3.05) is 4.72 Å². The Morgan fingerprint density at radius 1 is 1.47 bits per heavy atom. The van der Waals surface area contributed by atoms with Gasteiger partial charge in [0, 0.05) is 10.4 Å². The summed E-state index contributed by atoms with van der Waals surface area (Å²) in [5, 5.41) is 11.5. The molecule has 8 heteroatoms. The van der Waals surface area contributed by atoms with E-state index < -0.39 is 10.0 Å². The summed E-state index contributed by atoms with van der Waals surface area (Å²) in [6.07, 6.45) is 0. The van der Waals surface area contributed by atoms with Crippen LogP contribution in [0.5, 0.6) is 0 Å². The molecule has 2 N–H and O–H groups in total. The van der Waals surface area contributed by atoms with E-state index >= 15 is 0 Å². The fraction of sp³-hybridized carbons (Fsp3) is 0.182. The Morgan fingerprint density at radius 2 is 2.21 bits per heavy atom. The summed E-state index contributed by atoms with van der Waals surface area (Å²) in [6, 6.07) is 4.16. The number of benzene rings is 1. The van der Waals surface area contributed by atoms with Crippen LogP contribution in [0.15, 0.2) is 28.5 Å². The minimum absolute atomic E-state index is 0.0359. The number of hydrogen-bond acceptors (Lipinski definition) is 5. The van der Waals surface area contributed by atoms with Crippen molar-refractivity contribution in [3.63, 3.8) is 0 Å². The van der Waals surface area contributed by atoms with Crippen molar-refractivity contribution in [1.29, 1.82) is 0 Å². The average Bonchev–Trinajstić information content (AvgIpc) is 2.74. The van der Waals surface area contributed by atoms with Gasteiger partial charge in [-0.1, -0.05) is 11.6 Å². The molecule has 1 heterocycles. The number of thiazole rings is 1. The second-order valence-electron chi connectivity index (χ2n) is 3.81. The molecule has 1 aromatic carbocycles. The van der Waals surface area contributed by atoms with E-state index in [4.69, 9.17) is 16.7 Å². The molecule has 0 saturated carbocycles. The normalized spacial score (nSPS) is 11.5. The zero-order valence-corrected chi connectivity index (χ0v) is 12.3. The third kappa shape index (κ3) is 3.24. The summed E-state index contributed by atoms with van der Waals surface area (Å²) >= 11 is 7.03. The van der Waals surface area contributed by atoms with Crippen molar-refractivity contribution in [2.45, 2.75) is 18.4 Å². The van der Waals surface area contributed by atoms with E-state index in [1.807, 2.05) is 0 Å². The number of aliphatic hydroxyl groups is 1. The third-order valence-electron chi connectivity index (χ3n) is 2.34. The van der Waals surface area contributed by atoms with E-state index in [9.17, 15) is 8.42 Å². The summed E-state index contributed by atoms with van der Waals surface area (Å²) in [5.74, 6) is 0. The molecule has 0 amide bonds. The number of nitrogens with zero attached hydrogens (tertiary/aromatic N) is 1. The Labute approximate surface area is 119 Å². The molecule has 0 radical (unpaired) electrons. The lowest BCUT2D eigenvalue weighted by molar-refractivity contribution is 0.281. The predicted molar refractivity (Wildman–Crippen MR) is 75.0 cm³/mol. The standard InChI is InChI=1S/C11H11ClN2O3S2/c1-7-6-18-11(13-7)14-19(16,17)9-2-3-10(12)8(4-9)5-15/h2-4,6,15H,5H2,1H3,(H,13,14). The van der Waals surface area contributed by atoms with E-state index in [1.54, 1.807) is 12.3 Å². The van der Waals surface area contributed by atoms with Crippen molar-refractivity contribution in [1.82, 2.24) is 4.98 Å². The van der Waals surface area contributed by atoms with Crippen LogP contribution >= 0.6 is 22.9 Å². The summed E-state index contributed by atoms with van der Waals surface area (Å²) in [5.41, 5.74) is 1.11. The van der Waals surface area contributed by atoms with Crippen LogP contribution in [0.1, 0.15) is 11.3 Å². The first-order valence-corrected chi connectivity index (χ1v) is 8.00. The number of nitrogens with one attached hydrogen (secondary N) is 1.